The highest BCUT2D eigenvalue weighted by Crippen LogP contribution is 2.31. The van der Waals surface area contributed by atoms with Gasteiger partial charge in [0.25, 0.3) is 11.6 Å². The summed E-state index contributed by atoms with van der Waals surface area (Å²) in [5.41, 5.74) is -0.0977. The maximum atomic E-state index is 12.9. The molecule has 0 aliphatic heterocycles. The zero-order chi connectivity index (χ0) is 24.0. The van der Waals surface area contributed by atoms with Gasteiger partial charge in [-0.05, 0) is 17.7 Å². The number of alkyl halides is 3. The van der Waals surface area contributed by atoms with Crippen LogP contribution in [0.2, 0.25) is 0 Å². The standard InChI is InChI=1S/C21H19F3N4O4S/c1-32-8-7-25-18-6-5-15(28(30)31)11-17(18)19(29)27-20-26-12-16(33-20)10-13-3-2-4-14(9-13)21(22,23)24/h2-6,9,11-12,25H,7-8,10H2,1H3,(H,26,27,29). The molecular formula is C21H19F3N4O4S. The van der Waals surface area contributed by atoms with Gasteiger partial charge in [0.15, 0.2) is 5.13 Å². The number of nitrogens with one attached hydrogen (secondary N) is 2. The van der Waals surface area contributed by atoms with E-state index in [1.54, 1.807) is 6.07 Å². The molecule has 0 fully saturated rings. The number of anilines is 2. The Morgan fingerprint density at radius 3 is 2.73 bits per heavy atom. The number of carbonyl (C=O) groups is 1. The highest BCUT2D eigenvalue weighted by atomic mass is 32.1. The number of rotatable bonds is 9. The van der Waals surface area contributed by atoms with Gasteiger partial charge in [-0.15, -0.1) is 11.3 Å². The smallest absolute Gasteiger partial charge is 0.383 e. The first-order valence-corrected chi connectivity index (χ1v) is 10.4. The molecule has 1 amide bonds. The van der Waals surface area contributed by atoms with Crippen LogP contribution in [0.4, 0.5) is 29.7 Å². The van der Waals surface area contributed by atoms with Gasteiger partial charge in [-0.25, -0.2) is 4.98 Å². The predicted octanol–water partition coefficient (Wildman–Crippen LogP) is 4.97. The van der Waals surface area contributed by atoms with Crippen LogP contribution in [0.5, 0.6) is 0 Å². The topological polar surface area (TPSA) is 106 Å². The Morgan fingerprint density at radius 2 is 2.03 bits per heavy atom. The second-order valence-electron chi connectivity index (χ2n) is 6.87. The maximum absolute atomic E-state index is 12.9. The number of methoxy groups -OCH3 is 1. The van der Waals surface area contributed by atoms with Gasteiger partial charge >= 0.3 is 6.18 Å². The molecule has 0 atom stereocenters. The van der Waals surface area contributed by atoms with Crippen molar-refractivity contribution in [3.05, 3.63) is 80.3 Å². The van der Waals surface area contributed by atoms with Crippen molar-refractivity contribution in [2.24, 2.45) is 0 Å². The van der Waals surface area contributed by atoms with Crippen molar-refractivity contribution >= 4 is 33.8 Å². The third-order valence-electron chi connectivity index (χ3n) is 4.49. The van der Waals surface area contributed by atoms with Gasteiger partial charge in [0.1, 0.15) is 0 Å². The van der Waals surface area contributed by atoms with Crippen molar-refractivity contribution in [2.75, 3.05) is 30.9 Å². The number of nitro benzene ring substituents is 1. The fourth-order valence-corrected chi connectivity index (χ4v) is 3.79. The fraction of sp³-hybridized carbons (Fsp3) is 0.238. The van der Waals surface area contributed by atoms with E-state index in [0.29, 0.717) is 29.3 Å². The zero-order valence-electron chi connectivity index (χ0n) is 17.3. The molecule has 0 aliphatic carbocycles. The number of halogens is 3. The molecule has 0 spiro atoms. The van der Waals surface area contributed by atoms with E-state index < -0.39 is 22.6 Å². The summed E-state index contributed by atoms with van der Waals surface area (Å²) in [6, 6.07) is 8.85. The van der Waals surface area contributed by atoms with Crippen LogP contribution >= 0.6 is 11.3 Å². The van der Waals surface area contributed by atoms with Crippen LogP contribution in [-0.2, 0) is 17.3 Å². The van der Waals surface area contributed by atoms with Crippen molar-refractivity contribution in [1.29, 1.82) is 0 Å². The van der Waals surface area contributed by atoms with E-state index in [9.17, 15) is 28.1 Å². The van der Waals surface area contributed by atoms with Crippen molar-refractivity contribution in [3.8, 4) is 0 Å². The second-order valence-corrected chi connectivity index (χ2v) is 7.98. The second kappa shape index (κ2) is 10.4. The Bertz CT molecular complexity index is 1150. The van der Waals surface area contributed by atoms with Gasteiger partial charge in [-0.1, -0.05) is 18.2 Å². The number of hydrogen-bond donors (Lipinski definition) is 2. The Balaban J connectivity index is 1.75. The monoisotopic (exact) mass is 480 g/mol. The van der Waals surface area contributed by atoms with E-state index in [1.807, 2.05) is 0 Å². The summed E-state index contributed by atoms with van der Waals surface area (Å²) < 4.78 is 43.7. The summed E-state index contributed by atoms with van der Waals surface area (Å²) in [5.74, 6) is -0.612. The van der Waals surface area contributed by atoms with E-state index in [1.165, 1.54) is 31.5 Å². The molecule has 2 N–H and O–H groups in total. The molecule has 0 saturated heterocycles. The Kier molecular flexibility index (Phi) is 7.61. The molecular weight excluding hydrogens is 461 g/mol. The Hall–Kier alpha value is -3.51. The van der Waals surface area contributed by atoms with E-state index in [2.05, 4.69) is 15.6 Å². The molecule has 0 saturated carbocycles. The average molecular weight is 480 g/mol. The number of hydrogen-bond acceptors (Lipinski definition) is 7. The number of amides is 1. The Morgan fingerprint density at radius 1 is 1.24 bits per heavy atom. The molecule has 0 unspecified atom stereocenters. The molecule has 1 heterocycles. The van der Waals surface area contributed by atoms with Gasteiger partial charge in [-0.3, -0.25) is 20.2 Å². The SMILES string of the molecule is COCCNc1ccc([N+](=O)[O-])cc1C(=O)Nc1ncc(Cc2cccc(C(F)(F)F)c2)s1. The van der Waals surface area contributed by atoms with Gasteiger partial charge in [0.2, 0.25) is 0 Å². The van der Waals surface area contributed by atoms with Crippen LogP contribution in [0.15, 0.2) is 48.7 Å². The lowest BCUT2D eigenvalue weighted by molar-refractivity contribution is -0.384. The van der Waals surface area contributed by atoms with Gasteiger partial charge in [-0.2, -0.15) is 13.2 Å². The van der Waals surface area contributed by atoms with Crippen LogP contribution < -0.4 is 10.6 Å². The van der Waals surface area contributed by atoms with E-state index in [-0.39, 0.29) is 22.8 Å². The van der Waals surface area contributed by atoms with Crippen LogP contribution in [0.1, 0.15) is 26.4 Å². The number of non-ortho nitro benzene ring substituents is 1. The average Bonchev–Trinajstić information content (AvgIpc) is 3.20. The van der Waals surface area contributed by atoms with Crippen LogP contribution in [0.25, 0.3) is 0 Å². The Labute approximate surface area is 190 Å². The van der Waals surface area contributed by atoms with Crippen molar-refractivity contribution in [1.82, 2.24) is 4.98 Å². The molecule has 0 aliphatic rings. The molecule has 1 aromatic heterocycles. The van der Waals surface area contributed by atoms with Crippen LogP contribution in [0.3, 0.4) is 0 Å². The van der Waals surface area contributed by atoms with Crippen LogP contribution in [0, 0.1) is 10.1 Å². The third kappa shape index (κ3) is 6.49. The van der Waals surface area contributed by atoms with E-state index in [4.69, 9.17) is 4.74 Å². The molecule has 12 heteroatoms. The molecule has 2 aromatic carbocycles. The first-order valence-electron chi connectivity index (χ1n) is 9.61. The molecule has 3 rings (SSSR count). The van der Waals surface area contributed by atoms with Crippen LogP contribution in [-0.4, -0.2) is 36.1 Å². The van der Waals surface area contributed by atoms with E-state index in [0.717, 1.165) is 29.5 Å². The van der Waals surface area contributed by atoms with Crippen molar-refractivity contribution in [3.63, 3.8) is 0 Å². The number of nitro groups is 1. The number of nitrogens with zero attached hydrogens (tertiary/aromatic N) is 2. The normalized spacial score (nSPS) is 11.3. The van der Waals surface area contributed by atoms with Crippen molar-refractivity contribution in [2.45, 2.75) is 12.6 Å². The predicted molar refractivity (Wildman–Crippen MR) is 118 cm³/mol. The van der Waals surface area contributed by atoms with Gasteiger partial charge in [0, 0.05) is 49.0 Å². The lowest BCUT2D eigenvalue weighted by Crippen LogP contribution is -2.16. The minimum atomic E-state index is -4.43. The molecule has 3 aromatic rings. The largest absolute Gasteiger partial charge is 0.416 e. The molecule has 0 bridgehead atoms. The number of thiazole rings is 1. The zero-order valence-corrected chi connectivity index (χ0v) is 18.1. The van der Waals surface area contributed by atoms with E-state index >= 15 is 0 Å². The number of aromatic nitrogens is 1. The minimum absolute atomic E-state index is 0.0509. The number of ether oxygens (including phenoxy) is 1. The quantitative estimate of drug-likeness (QED) is 0.254. The van der Waals surface area contributed by atoms with Crippen molar-refractivity contribution < 1.29 is 27.6 Å². The molecule has 8 nitrogen and oxygen atoms in total. The summed E-state index contributed by atoms with van der Waals surface area (Å²) in [6.07, 6.45) is -2.76. The highest BCUT2D eigenvalue weighted by molar-refractivity contribution is 7.15. The minimum Gasteiger partial charge on any atom is -0.383 e. The van der Waals surface area contributed by atoms with Gasteiger partial charge < -0.3 is 10.1 Å². The summed E-state index contributed by atoms with van der Waals surface area (Å²) in [4.78, 5) is 28.1. The molecule has 33 heavy (non-hydrogen) atoms. The number of benzene rings is 2. The summed E-state index contributed by atoms with van der Waals surface area (Å²) in [6.45, 7) is 0.746. The maximum Gasteiger partial charge on any atom is 0.416 e. The first kappa shape index (κ1) is 24.1. The fourth-order valence-electron chi connectivity index (χ4n) is 2.95. The van der Waals surface area contributed by atoms with Gasteiger partial charge in [0.05, 0.1) is 22.7 Å². The highest BCUT2D eigenvalue weighted by Gasteiger charge is 2.30. The third-order valence-corrected chi connectivity index (χ3v) is 5.40. The lowest BCUT2D eigenvalue weighted by Gasteiger charge is -2.11. The first-order chi connectivity index (χ1) is 15.7. The summed E-state index contributed by atoms with van der Waals surface area (Å²) in [5, 5.41) is 16.9. The molecule has 174 valence electrons. The number of carbonyl (C=O) groups excluding carboxylic acids is 1. The summed E-state index contributed by atoms with van der Waals surface area (Å²) >= 11 is 1.10. The summed E-state index contributed by atoms with van der Waals surface area (Å²) in [7, 11) is 1.52. The lowest BCUT2D eigenvalue weighted by atomic mass is 10.1. The molecule has 0 radical (unpaired) electrons.